The van der Waals surface area contributed by atoms with Gasteiger partial charge in [0.2, 0.25) is 0 Å². The molecule has 4 N–H and O–H groups in total. The van der Waals surface area contributed by atoms with E-state index in [1.54, 1.807) is 6.20 Å². The van der Waals surface area contributed by atoms with Gasteiger partial charge in [0.25, 0.3) is 0 Å². The predicted molar refractivity (Wildman–Crippen MR) is 66.2 cm³/mol. The van der Waals surface area contributed by atoms with E-state index in [1.165, 1.54) is 5.56 Å². The van der Waals surface area contributed by atoms with Crippen LogP contribution in [0.3, 0.4) is 0 Å². The second-order valence-electron chi connectivity index (χ2n) is 3.93. The molecule has 0 spiro atoms. The molecular formula is C12H16N4. The van der Waals surface area contributed by atoms with Crippen molar-refractivity contribution in [3.63, 3.8) is 0 Å². The molecule has 0 saturated carbocycles. The van der Waals surface area contributed by atoms with Crippen LogP contribution in [0.4, 0.5) is 11.4 Å². The first-order chi connectivity index (χ1) is 7.66. The fourth-order valence-corrected chi connectivity index (χ4v) is 1.61. The first-order valence-corrected chi connectivity index (χ1v) is 5.29. The molecule has 0 amide bonds. The van der Waals surface area contributed by atoms with Crippen LogP contribution in [0.5, 0.6) is 0 Å². The Labute approximate surface area is 94.9 Å². The lowest BCUT2D eigenvalue weighted by Gasteiger charge is -2.15. The molecule has 1 aromatic heterocycles. The fraction of sp³-hybridized carbons (Fsp3) is 0.250. The average Bonchev–Trinajstić information content (AvgIpc) is 2.76. The van der Waals surface area contributed by atoms with Gasteiger partial charge in [-0.3, -0.25) is 0 Å². The maximum absolute atomic E-state index is 5.90. The molecule has 2 rings (SSSR count). The summed E-state index contributed by atoms with van der Waals surface area (Å²) in [7, 11) is 0. The largest absolute Gasteiger partial charge is 0.397 e. The second-order valence-corrected chi connectivity index (χ2v) is 3.93. The van der Waals surface area contributed by atoms with E-state index in [0.717, 1.165) is 17.2 Å². The molecule has 0 fully saturated rings. The van der Waals surface area contributed by atoms with Gasteiger partial charge in [-0.1, -0.05) is 6.07 Å². The molecule has 1 atom stereocenters. The molecule has 4 nitrogen and oxygen atoms in total. The first-order valence-electron chi connectivity index (χ1n) is 5.29. The third-order valence-corrected chi connectivity index (χ3v) is 2.51. The van der Waals surface area contributed by atoms with Crippen LogP contribution in [0, 0.1) is 6.92 Å². The standard InChI is InChI=1S/C12H16N4/c1-8-3-4-10(13)11(7-8)16-9(2)12-14-5-6-15-12/h3-7,9,16H,13H2,1-2H3,(H,14,15). The monoisotopic (exact) mass is 216 g/mol. The Morgan fingerprint density at radius 2 is 2.25 bits per heavy atom. The Hall–Kier alpha value is -1.97. The zero-order valence-corrected chi connectivity index (χ0v) is 9.49. The van der Waals surface area contributed by atoms with Crippen LogP contribution in [0.1, 0.15) is 24.4 Å². The molecule has 0 aliphatic heterocycles. The van der Waals surface area contributed by atoms with Gasteiger partial charge >= 0.3 is 0 Å². The number of nitrogens with one attached hydrogen (secondary N) is 2. The summed E-state index contributed by atoms with van der Waals surface area (Å²) in [6.07, 6.45) is 3.56. The topological polar surface area (TPSA) is 66.7 Å². The summed E-state index contributed by atoms with van der Waals surface area (Å²) >= 11 is 0. The van der Waals surface area contributed by atoms with Gasteiger partial charge in [0, 0.05) is 12.4 Å². The molecule has 0 aliphatic carbocycles. The number of rotatable bonds is 3. The quantitative estimate of drug-likeness (QED) is 0.690. The summed E-state index contributed by atoms with van der Waals surface area (Å²) < 4.78 is 0. The van der Waals surface area contributed by atoms with Crippen LogP contribution in [-0.4, -0.2) is 9.97 Å². The molecule has 2 aromatic rings. The SMILES string of the molecule is Cc1ccc(N)c(NC(C)c2ncc[nH]2)c1. The van der Waals surface area contributed by atoms with Crippen molar-refractivity contribution in [3.05, 3.63) is 42.0 Å². The van der Waals surface area contributed by atoms with E-state index in [1.807, 2.05) is 38.2 Å². The van der Waals surface area contributed by atoms with E-state index in [-0.39, 0.29) is 6.04 Å². The van der Waals surface area contributed by atoms with E-state index < -0.39 is 0 Å². The lowest BCUT2D eigenvalue weighted by atomic mass is 10.2. The van der Waals surface area contributed by atoms with Crippen LogP contribution in [0.25, 0.3) is 0 Å². The zero-order chi connectivity index (χ0) is 11.5. The van der Waals surface area contributed by atoms with E-state index in [0.29, 0.717) is 0 Å². The predicted octanol–water partition coefficient (Wildman–Crippen LogP) is 2.47. The minimum absolute atomic E-state index is 0.110. The van der Waals surface area contributed by atoms with Crippen molar-refractivity contribution >= 4 is 11.4 Å². The van der Waals surface area contributed by atoms with Gasteiger partial charge in [0.05, 0.1) is 17.4 Å². The zero-order valence-electron chi connectivity index (χ0n) is 9.49. The Kier molecular flexibility index (Phi) is 2.81. The number of aryl methyl sites for hydroxylation is 1. The van der Waals surface area contributed by atoms with Gasteiger partial charge in [0.1, 0.15) is 5.82 Å². The number of imidazole rings is 1. The number of aromatic amines is 1. The van der Waals surface area contributed by atoms with Crippen molar-refractivity contribution < 1.29 is 0 Å². The molecule has 0 saturated heterocycles. The number of nitrogen functional groups attached to an aromatic ring is 1. The summed E-state index contributed by atoms with van der Waals surface area (Å²) in [6.45, 7) is 4.09. The Bertz CT molecular complexity index is 462. The van der Waals surface area contributed by atoms with Crippen LogP contribution in [-0.2, 0) is 0 Å². The Balaban J connectivity index is 2.17. The summed E-state index contributed by atoms with van der Waals surface area (Å²) in [5.74, 6) is 0.904. The number of hydrogen-bond acceptors (Lipinski definition) is 3. The fourth-order valence-electron chi connectivity index (χ4n) is 1.61. The van der Waals surface area contributed by atoms with E-state index in [9.17, 15) is 0 Å². The molecule has 1 unspecified atom stereocenters. The van der Waals surface area contributed by atoms with Gasteiger partial charge in [-0.05, 0) is 31.5 Å². The van der Waals surface area contributed by atoms with E-state index in [4.69, 9.17) is 5.73 Å². The summed E-state index contributed by atoms with van der Waals surface area (Å²) in [6, 6.07) is 6.05. The van der Waals surface area contributed by atoms with Crippen molar-refractivity contribution in [1.29, 1.82) is 0 Å². The Morgan fingerprint density at radius 1 is 1.44 bits per heavy atom. The summed E-state index contributed by atoms with van der Waals surface area (Å²) in [4.78, 5) is 7.28. The summed E-state index contributed by atoms with van der Waals surface area (Å²) in [5, 5.41) is 3.33. The van der Waals surface area contributed by atoms with Gasteiger partial charge in [-0.15, -0.1) is 0 Å². The van der Waals surface area contributed by atoms with Crippen LogP contribution in [0.15, 0.2) is 30.6 Å². The maximum atomic E-state index is 5.90. The number of nitrogens with zero attached hydrogens (tertiary/aromatic N) is 1. The number of nitrogens with two attached hydrogens (primary N) is 1. The molecule has 84 valence electrons. The minimum Gasteiger partial charge on any atom is -0.397 e. The van der Waals surface area contributed by atoms with E-state index >= 15 is 0 Å². The van der Waals surface area contributed by atoms with Crippen molar-refractivity contribution in [2.24, 2.45) is 0 Å². The summed E-state index contributed by atoms with van der Waals surface area (Å²) in [5.41, 5.74) is 8.78. The molecule has 1 heterocycles. The highest BCUT2D eigenvalue weighted by Crippen LogP contribution is 2.23. The maximum Gasteiger partial charge on any atom is 0.128 e. The molecule has 1 aromatic carbocycles. The number of H-pyrrole nitrogens is 1. The molecule has 0 radical (unpaired) electrons. The number of benzene rings is 1. The normalized spacial score (nSPS) is 12.4. The average molecular weight is 216 g/mol. The number of anilines is 2. The molecule has 0 bridgehead atoms. The highest BCUT2D eigenvalue weighted by atomic mass is 15.0. The lowest BCUT2D eigenvalue weighted by molar-refractivity contribution is 0.810. The van der Waals surface area contributed by atoms with E-state index in [2.05, 4.69) is 15.3 Å². The van der Waals surface area contributed by atoms with Crippen molar-refractivity contribution in [2.75, 3.05) is 11.1 Å². The van der Waals surface area contributed by atoms with Crippen molar-refractivity contribution in [2.45, 2.75) is 19.9 Å². The molecule has 4 heteroatoms. The van der Waals surface area contributed by atoms with Crippen LogP contribution < -0.4 is 11.1 Å². The second kappa shape index (κ2) is 4.26. The van der Waals surface area contributed by atoms with Crippen LogP contribution in [0.2, 0.25) is 0 Å². The van der Waals surface area contributed by atoms with Crippen LogP contribution >= 0.6 is 0 Å². The number of hydrogen-bond donors (Lipinski definition) is 3. The number of aromatic nitrogens is 2. The first kappa shape index (κ1) is 10.5. The van der Waals surface area contributed by atoms with Gasteiger partial charge in [0.15, 0.2) is 0 Å². The highest BCUT2D eigenvalue weighted by molar-refractivity contribution is 5.67. The van der Waals surface area contributed by atoms with Crippen molar-refractivity contribution in [3.8, 4) is 0 Å². The minimum atomic E-state index is 0.110. The highest BCUT2D eigenvalue weighted by Gasteiger charge is 2.08. The molecule has 0 aliphatic rings. The molecular weight excluding hydrogens is 200 g/mol. The lowest BCUT2D eigenvalue weighted by Crippen LogP contribution is -2.10. The third kappa shape index (κ3) is 2.16. The van der Waals surface area contributed by atoms with Gasteiger partial charge in [-0.25, -0.2) is 4.98 Å². The Morgan fingerprint density at radius 3 is 2.94 bits per heavy atom. The van der Waals surface area contributed by atoms with Gasteiger partial charge in [-0.2, -0.15) is 0 Å². The van der Waals surface area contributed by atoms with Crippen molar-refractivity contribution in [1.82, 2.24) is 9.97 Å². The third-order valence-electron chi connectivity index (χ3n) is 2.51. The smallest absolute Gasteiger partial charge is 0.128 e. The molecule has 16 heavy (non-hydrogen) atoms. The van der Waals surface area contributed by atoms with Gasteiger partial charge < -0.3 is 16.0 Å².